The number of carbonyl (C=O) groups is 3. The first kappa shape index (κ1) is 26.1. The smallest absolute Gasteiger partial charge is 0.497 e. The van der Waals surface area contributed by atoms with Gasteiger partial charge in [0.25, 0.3) is 5.91 Å². The van der Waals surface area contributed by atoms with Gasteiger partial charge in [-0.2, -0.15) is 0 Å². The molecule has 0 saturated heterocycles. The number of amides is 1. The molecular weight excluding hydrogens is 456 g/mol. The number of pyridine rings is 1. The monoisotopic (exact) mass is 488 g/mol. The first-order valence-corrected chi connectivity index (χ1v) is 11.6. The van der Waals surface area contributed by atoms with Gasteiger partial charge in [0.15, 0.2) is 11.5 Å². The zero-order valence-electron chi connectivity index (χ0n) is 20.9. The molecule has 0 bridgehead atoms. The van der Waals surface area contributed by atoms with Crippen molar-refractivity contribution in [3.63, 3.8) is 0 Å². The Morgan fingerprint density at radius 1 is 1.06 bits per heavy atom. The fourth-order valence-corrected chi connectivity index (χ4v) is 3.65. The number of nitrogens with zero attached hydrogens (tertiary/aromatic N) is 1. The summed E-state index contributed by atoms with van der Waals surface area (Å²) in [7, 11) is 3.06. The lowest BCUT2D eigenvalue weighted by Crippen LogP contribution is -2.28. The molecule has 1 saturated carbocycles. The van der Waals surface area contributed by atoms with Gasteiger partial charge in [-0.1, -0.05) is 6.92 Å². The first-order chi connectivity index (χ1) is 16.6. The van der Waals surface area contributed by atoms with E-state index in [1.165, 1.54) is 21.1 Å². The van der Waals surface area contributed by atoms with Gasteiger partial charge in [0.1, 0.15) is 11.5 Å². The van der Waals surface area contributed by atoms with Crippen molar-refractivity contribution in [2.24, 2.45) is 11.8 Å². The molecule has 2 aliphatic rings. The van der Waals surface area contributed by atoms with Crippen LogP contribution in [0.15, 0.2) is 29.7 Å². The maximum atomic E-state index is 13.1. The molecule has 10 nitrogen and oxygen atoms in total. The Balaban J connectivity index is 1.88. The molecule has 35 heavy (non-hydrogen) atoms. The highest BCUT2D eigenvalue weighted by atomic mass is 16.8. The Kier molecular flexibility index (Phi) is 8.37. The largest absolute Gasteiger partial charge is 0.511 e. The fourth-order valence-electron chi connectivity index (χ4n) is 3.65. The van der Waals surface area contributed by atoms with Crippen LogP contribution in [-0.4, -0.2) is 56.2 Å². The van der Waals surface area contributed by atoms with E-state index in [2.05, 4.69) is 10.3 Å². The van der Waals surface area contributed by atoms with Gasteiger partial charge in [-0.25, -0.2) is 14.6 Å². The van der Waals surface area contributed by atoms with E-state index in [1.54, 1.807) is 32.1 Å². The SMILES string of the molecule is COC1=C(OC)[C@@H](C)C(c2ccc(C(=O)NCC3CC3)nc2C(=O)OC(C)OC(=O)OC(C)C)=C1. The van der Waals surface area contributed by atoms with Gasteiger partial charge in [-0.3, -0.25) is 4.79 Å². The maximum absolute atomic E-state index is 13.1. The van der Waals surface area contributed by atoms with Gasteiger partial charge < -0.3 is 29.0 Å². The van der Waals surface area contributed by atoms with Crippen LogP contribution in [0.25, 0.3) is 5.57 Å². The molecule has 190 valence electrons. The third kappa shape index (κ3) is 6.52. The topological polar surface area (TPSA) is 122 Å². The lowest BCUT2D eigenvalue weighted by atomic mass is 9.94. The molecule has 3 rings (SSSR count). The van der Waals surface area contributed by atoms with Crippen molar-refractivity contribution in [1.82, 2.24) is 10.3 Å². The molecule has 1 heterocycles. The Labute approximate surface area is 204 Å². The predicted molar refractivity (Wildman–Crippen MR) is 125 cm³/mol. The highest BCUT2D eigenvalue weighted by Gasteiger charge is 2.32. The van der Waals surface area contributed by atoms with Crippen molar-refractivity contribution in [1.29, 1.82) is 0 Å². The minimum atomic E-state index is -1.24. The van der Waals surface area contributed by atoms with Gasteiger partial charge in [0.05, 0.1) is 20.3 Å². The highest BCUT2D eigenvalue weighted by Crippen LogP contribution is 2.39. The minimum absolute atomic E-state index is 0.0762. The zero-order valence-corrected chi connectivity index (χ0v) is 20.9. The number of carbonyl (C=O) groups excluding carboxylic acids is 3. The predicted octanol–water partition coefficient (Wildman–Crippen LogP) is 3.82. The summed E-state index contributed by atoms with van der Waals surface area (Å²) in [5.74, 6) is 0.118. The molecule has 2 atom stereocenters. The molecule has 1 fully saturated rings. The highest BCUT2D eigenvalue weighted by molar-refractivity contribution is 5.98. The van der Waals surface area contributed by atoms with Crippen molar-refractivity contribution in [2.45, 2.75) is 52.9 Å². The summed E-state index contributed by atoms with van der Waals surface area (Å²) in [5.41, 5.74) is 1.13. The average molecular weight is 489 g/mol. The molecule has 1 amide bonds. The summed E-state index contributed by atoms with van der Waals surface area (Å²) in [6.45, 7) is 7.18. The van der Waals surface area contributed by atoms with Crippen molar-refractivity contribution >= 4 is 23.6 Å². The molecule has 0 spiro atoms. The number of aromatic nitrogens is 1. The van der Waals surface area contributed by atoms with Gasteiger partial charge in [-0.05, 0) is 56.4 Å². The Hall–Kier alpha value is -3.56. The third-order valence-corrected chi connectivity index (χ3v) is 5.58. The van der Waals surface area contributed by atoms with E-state index in [0.717, 1.165) is 12.8 Å². The third-order valence-electron chi connectivity index (χ3n) is 5.58. The second kappa shape index (κ2) is 11.2. The van der Waals surface area contributed by atoms with E-state index in [9.17, 15) is 14.4 Å². The number of methoxy groups -OCH3 is 2. The molecule has 2 aliphatic carbocycles. The molecular formula is C25H32N2O8. The van der Waals surface area contributed by atoms with Gasteiger partial charge >= 0.3 is 12.1 Å². The molecule has 0 radical (unpaired) electrons. The van der Waals surface area contributed by atoms with E-state index < -0.39 is 24.5 Å². The van der Waals surface area contributed by atoms with Crippen LogP contribution in [-0.2, 0) is 23.7 Å². The van der Waals surface area contributed by atoms with E-state index in [-0.39, 0.29) is 23.2 Å². The number of hydrogen-bond donors (Lipinski definition) is 1. The van der Waals surface area contributed by atoms with Crippen LogP contribution >= 0.6 is 0 Å². The number of hydrogen-bond acceptors (Lipinski definition) is 9. The van der Waals surface area contributed by atoms with Gasteiger partial charge in [0.2, 0.25) is 6.29 Å². The van der Waals surface area contributed by atoms with E-state index in [1.807, 2.05) is 6.92 Å². The molecule has 1 unspecified atom stereocenters. The number of rotatable bonds is 10. The zero-order chi connectivity index (χ0) is 25.7. The molecule has 10 heteroatoms. The lowest BCUT2D eigenvalue weighted by molar-refractivity contribution is -0.0869. The molecule has 0 aliphatic heterocycles. The minimum Gasteiger partial charge on any atom is -0.497 e. The van der Waals surface area contributed by atoms with Crippen LogP contribution in [0.1, 0.15) is 67.1 Å². The van der Waals surface area contributed by atoms with E-state index in [4.69, 9.17) is 23.7 Å². The molecule has 1 aromatic rings. The van der Waals surface area contributed by atoms with Crippen molar-refractivity contribution in [3.8, 4) is 0 Å². The number of nitrogens with one attached hydrogen (secondary N) is 1. The van der Waals surface area contributed by atoms with Gasteiger partial charge in [-0.15, -0.1) is 0 Å². The summed E-state index contributed by atoms with van der Waals surface area (Å²) in [6.07, 6.45) is 1.33. The van der Waals surface area contributed by atoms with Crippen molar-refractivity contribution in [3.05, 3.63) is 46.7 Å². The number of allylic oxidation sites excluding steroid dienone is 2. The summed E-state index contributed by atoms with van der Waals surface area (Å²) in [6, 6.07) is 3.20. The second-order valence-electron chi connectivity index (χ2n) is 8.71. The van der Waals surface area contributed by atoms with Gasteiger partial charge in [0, 0.05) is 24.9 Å². The average Bonchev–Trinajstić information content (AvgIpc) is 3.57. The summed E-state index contributed by atoms with van der Waals surface area (Å²) < 4.78 is 26.1. The second-order valence-corrected chi connectivity index (χ2v) is 8.71. The summed E-state index contributed by atoms with van der Waals surface area (Å²) >= 11 is 0. The van der Waals surface area contributed by atoms with E-state index in [0.29, 0.717) is 35.1 Å². The van der Waals surface area contributed by atoms with Crippen LogP contribution < -0.4 is 5.32 Å². The van der Waals surface area contributed by atoms with Crippen LogP contribution in [0.5, 0.6) is 0 Å². The van der Waals surface area contributed by atoms with E-state index >= 15 is 0 Å². The number of ether oxygens (including phenoxy) is 5. The summed E-state index contributed by atoms with van der Waals surface area (Å²) in [5, 5.41) is 2.84. The summed E-state index contributed by atoms with van der Waals surface area (Å²) in [4.78, 5) is 41.9. The van der Waals surface area contributed by atoms with Crippen LogP contribution in [0, 0.1) is 11.8 Å². The standard InChI is InChI=1S/C25H32N2O8/c1-13(2)33-25(30)35-15(4)34-24(29)21-17(18-11-20(31-5)22(32-6)14(18)3)9-10-19(27-21)23(28)26-12-16-7-8-16/h9-11,13-16H,7-8,12H2,1-6H3,(H,26,28)/t14-,15?/m0/s1. The molecule has 1 N–H and O–H groups in total. The Bertz CT molecular complexity index is 1040. The van der Waals surface area contributed by atoms with Crippen LogP contribution in [0.3, 0.4) is 0 Å². The Morgan fingerprint density at radius 2 is 1.77 bits per heavy atom. The van der Waals surface area contributed by atoms with Crippen molar-refractivity contribution < 1.29 is 38.1 Å². The van der Waals surface area contributed by atoms with Crippen LogP contribution in [0.2, 0.25) is 0 Å². The lowest BCUT2D eigenvalue weighted by Gasteiger charge is -2.18. The van der Waals surface area contributed by atoms with Crippen molar-refractivity contribution in [2.75, 3.05) is 20.8 Å². The molecule has 0 aromatic carbocycles. The fraction of sp³-hybridized carbons (Fsp3) is 0.520. The van der Waals surface area contributed by atoms with Crippen LogP contribution in [0.4, 0.5) is 4.79 Å². The quantitative estimate of drug-likeness (QED) is 0.387. The Morgan fingerprint density at radius 3 is 2.34 bits per heavy atom. The normalized spacial score (nSPS) is 18.0. The number of esters is 1. The first-order valence-electron chi connectivity index (χ1n) is 11.6. The molecule has 1 aromatic heterocycles. The maximum Gasteiger partial charge on any atom is 0.511 e.